The van der Waals surface area contributed by atoms with Crippen LogP contribution in [-0.4, -0.2) is 33.9 Å². The summed E-state index contributed by atoms with van der Waals surface area (Å²) in [7, 11) is 1.79. The standard InChI is InChI=1S/C18H22ClN3O4/c1-11-16(12(2)22(5)21-11)20-15(23)10-25-17(24)18(3,4)26-14-8-6-13(19)7-9-14/h6-9H,10H2,1-5H3,(H,20,23). The number of carbonyl (C=O) groups is 2. The quantitative estimate of drug-likeness (QED) is 0.780. The molecular formula is C18H22ClN3O4. The van der Waals surface area contributed by atoms with Gasteiger partial charge >= 0.3 is 5.97 Å². The molecule has 1 aromatic heterocycles. The van der Waals surface area contributed by atoms with Gasteiger partial charge in [-0.25, -0.2) is 4.79 Å². The average Bonchev–Trinajstić information content (AvgIpc) is 2.80. The van der Waals surface area contributed by atoms with Crippen LogP contribution in [0.15, 0.2) is 24.3 Å². The molecule has 1 N–H and O–H groups in total. The normalized spacial score (nSPS) is 11.2. The zero-order chi connectivity index (χ0) is 19.5. The summed E-state index contributed by atoms with van der Waals surface area (Å²) in [6.07, 6.45) is 0. The van der Waals surface area contributed by atoms with Gasteiger partial charge in [-0.1, -0.05) is 11.6 Å². The average molecular weight is 380 g/mol. The van der Waals surface area contributed by atoms with Crippen molar-refractivity contribution in [2.24, 2.45) is 7.05 Å². The largest absolute Gasteiger partial charge is 0.476 e. The van der Waals surface area contributed by atoms with Gasteiger partial charge in [-0.15, -0.1) is 0 Å². The summed E-state index contributed by atoms with van der Waals surface area (Å²) in [5, 5.41) is 7.49. The van der Waals surface area contributed by atoms with Crippen LogP contribution in [0.3, 0.4) is 0 Å². The van der Waals surface area contributed by atoms with Crippen molar-refractivity contribution in [2.45, 2.75) is 33.3 Å². The Bertz CT molecular complexity index is 813. The molecular weight excluding hydrogens is 358 g/mol. The van der Waals surface area contributed by atoms with Crippen molar-refractivity contribution >= 4 is 29.2 Å². The molecule has 0 saturated carbocycles. The zero-order valence-corrected chi connectivity index (χ0v) is 16.2. The van der Waals surface area contributed by atoms with E-state index in [9.17, 15) is 9.59 Å². The van der Waals surface area contributed by atoms with Crippen LogP contribution in [0.1, 0.15) is 25.2 Å². The van der Waals surface area contributed by atoms with Crippen molar-refractivity contribution in [2.75, 3.05) is 11.9 Å². The molecule has 0 aliphatic heterocycles. The van der Waals surface area contributed by atoms with Crippen LogP contribution in [0.2, 0.25) is 5.02 Å². The Morgan fingerprint density at radius 3 is 2.38 bits per heavy atom. The monoisotopic (exact) mass is 379 g/mol. The fourth-order valence-electron chi connectivity index (χ4n) is 2.27. The van der Waals surface area contributed by atoms with Gasteiger partial charge in [0.2, 0.25) is 0 Å². The number of hydrogen-bond acceptors (Lipinski definition) is 5. The van der Waals surface area contributed by atoms with Gasteiger partial charge in [-0.05, 0) is 52.0 Å². The van der Waals surface area contributed by atoms with Gasteiger partial charge in [0.05, 0.1) is 17.1 Å². The predicted octanol–water partition coefficient (Wildman–Crippen LogP) is 3.03. The lowest BCUT2D eigenvalue weighted by Crippen LogP contribution is -2.41. The third-order valence-corrected chi connectivity index (χ3v) is 4.04. The highest BCUT2D eigenvalue weighted by Gasteiger charge is 2.32. The Balaban J connectivity index is 1.92. The molecule has 2 rings (SSSR count). The van der Waals surface area contributed by atoms with Crippen LogP contribution in [0.25, 0.3) is 0 Å². The van der Waals surface area contributed by atoms with Gasteiger partial charge in [-0.3, -0.25) is 9.48 Å². The molecule has 0 aliphatic carbocycles. The fraction of sp³-hybridized carbons (Fsp3) is 0.389. The topological polar surface area (TPSA) is 82.5 Å². The molecule has 1 amide bonds. The van der Waals surface area contributed by atoms with Crippen molar-refractivity contribution in [3.63, 3.8) is 0 Å². The Kier molecular flexibility index (Phi) is 5.92. The molecule has 1 heterocycles. The smallest absolute Gasteiger partial charge is 0.350 e. The van der Waals surface area contributed by atoms with Gasteiger partial charge in [-0.2, -0.15) is 5.10 Å². The van der Waals surface area contributed by atoms with Crippen LogP contribution < -0.4 is 10.1 Å². The maximum absolute atomic E-state index is 12.3. The number of aromatic nitrogens is 2. The van der Waals surface area contributed by atoms with Crippen LogP contribution in [0.5, 0.6) is 5.75 Å². The Labute approximate surface area is 157 Å². The van der Waals surface area contributed by atoms with Gasteiger partial charge < -0.3 is 14.8 Å². The van der Waals surface area contributed by atoms with Crippen molar-refractivity contribution < 1.29 is 19.1 Å². The first-order valence-electron chi connectivity index (χ1n) is 8.02. The lowest BCUT2D eigenvalue weighted by molar-refractivity contribution is -0.161. The SMILES string of the molecule is Cc1nn(C)c(C)c1NC(=O)COC(=O)C(C)(C)Oc1ccc(Cl)cc1. The highest BCUT2D eigenvalue weighted by Crippen LogP contribution is 2.22. The lowest BCUT2D eigenvalue weighted by atomic mass is 10.1. The van der Waals surface area contributed by atoms with Gasteiger partial charge in [0, 0.05) is 12.1 Å². The molecule has 7 nitrogen and oxygen atoms in total. The number of carbonyl (C=O) groups excluding carboxylic acids is 2. The van der Waals surface area contributed by atoms with Crippen LogP contribution >= 0.6 is 11.6 Å². The first kappa shape index (κ1) is 19.8. The van der Waals surface area contributed by atoms with Crippen LogP contribution in [0.4, 0.5) is 5.69 Å². The number of anilines is 1. The fourth-order valence-corrected chi connectivity index (χ4v) is 2.40. The second kappa shape index (κ2) is 7.78. The summed E-state index contributed by atoms with van der Waals surface area (Å²) >= 11 is 5.82. The number of halogens is 1. The third kappa shape index (κ3) is 4.76. The van der Waals surface area contributed by atoms with Crippen LogP contribution in [-0.2, 0) is 21.4 Å². The van der Waals surface area contributed by atoms with Crippen molar-refractivity contribution in [1.82, 2.24) is 9.78 Å². The predicted molar refractivity (Wildman–Crippen MR) is 98.4 cm³/mol. The van der Waals surface area contributed by atoms with E-state index >= 15 is 0 Å². The van der Waals surface area contributed by atoms with Crippen molar-refractivity contribution in [3.8, 4) is 5.75 Å². The summed E-state index contributed by atoms with van der Waals surface area (Å²) in [6.45, 7) is 6.34. The number of hydrogen-bond donors (Lipinski definition) is 1. The minimum Gasteiger partial charge on any atom is -0.476 e. The summed E-state index contributed by atoms with van der Waals surface area (Å²) in [6, 6.07) is 6.62. The zero-order valence-electron chi connectivity index (χ0n) is 15.4. The molecule has 0 aliphatic rings. The molecule has 0 spiro atoms. The van der Waals surface area contributed by atoms with E-state index in [-0.39, 0.29) is 0 Å². The molecule has 2 aromatic rings. The first-order chi connectivity index (χ1) is 12.1. The molecule has 0 atom stereocenters. The van der Waals surface area contributed by atoms with Crippen LogP contribution in [0, 0.1) is 13.8 Å². The summed E-state index contributed by atoms with van der Waals surface area (Å²) in [4.78, 5) is 24.3. The highest BCUT2D eigenvalue weighted by atomic mass is 35.5. The third-order valence-electron chi connectivity index (χ3n) is 3.79. The van der Waals surface area contributed by atoms with Gasteiger partial charge in [0.25, 0.3) is 5.91 Å². The molecule has 8 heteroatoms. The maximum atomic E-state index is 12.3. The highest BCUT2D eigenvalue weighted by molar-refractivity contribution is 6.30. The first-order valence-corrected chi connectivity index (χ1v) is 8.40. The van der Waals surface area contributed by atoms with E-state index in [1.807, 2.05) is 6.92 Å². The number of esters is 1. The lowest BCUT2D eigenvalue weighted by Gasteiger charge is -2.24. The summed E-state index contributed by atoms with van der Waals surface area (Å²) in [5.41, 5.74) is 0.865. The number of nitrogens with one attached hydrogen (secondary N) is 1. The van der Waals surface area contributed by atoms with E-state index in [0.29, 0.717) is 22.2 Å². The summed E-state index contributed by atoms with van der Waals surface area (Å²) < 4.78 is 12.4. The van der Waals surface area contributed by atoms with E-state index in [4.69, 9.17) is 21.1 Å². The molecule has 0 saturated heterocycles. The number of rotatable bonds is 6. The minimum absolute atomic E-state index is 0.417. The minimum atomic E-state index is -1.26. The van der Waals surface area contributed by atoms with E-state index in [1.54, 1.807) is 56.8 Å². The molecule has 0 bridgehead atoms. The van der Waals surface area contributed by atoms with E-state index < -0.39 is 24.1 Å². The van der Waals surface area contributed by atoms with E-state index in [0.717, 1.165) is 5.69 Å². The molecule has 0 fully saturated rings. The molecule has 0 unspecified atom stereocenters. The number of amides is 1. The van der Waals surface area contributed by atoms with Crippen molar-refractivity contribution in [1.29, 1.82) is 0 Å². The summed E-state index contributed by atoms with van der Waals surface area (Å²) in [5.74, 6) is -0.621. The number of aryl methyl sites for hydroxylation is 2. The maximum Gasteiger partial charge on any atom is 0.350 e. The second-order valence-electron chi connectivity index (χ2n) is 6.36. The molecule has 140 valence electrons. The molecule has 26 heavy (non-hydrogen) atoms. The molecule has 1 aromatic carbocycles. The molecule has 0 radical (unpaired) electrons. The Morgan fingerprint density at radius 2 is 1.85 bits per heavy atom. The number of ether oxygens (including phenoxy) is 2. The van der Waals surface area contributed by atoms with E-state index in [2.05, 4.69) is 10.4 Å². The second-order valence-corrected chi connectivity index (χ2v) is 6.80. The number of benzene rings is 1. The Hall–Kier alpha value is -2.54. The van der Waals surface area contributed by atoms with Crippen molar-refractivity contribution in [3.05, 3.63) is 40.7 Å². The van der Waals surface area contributed by atoms with E-state index in [1.165, 1.54) is 0 Å². The van der Waals surface area contributed by atoms with Gasteiger partial charge in [0.15, 0.2) is 12.2 Å². The van der Waals surface area contributed by atoms with Gasteiger partial charge in [0.1, 0.15) is 5.75 Å². The Morgan fingerprint density at radius 1 is 1.23 bits per heavy atom. The number of nitrogens with zero attached hydrogens (tertiary/aromatic N) is 2.